The number of nitrogens with zero attached hydrogens (tertiary/aromatic N) is 3. The molecule has 0 unspecified atom stereocenters. The number of hydrogen-bond acceptors (Lipinski definition) is 6. The fraction of sp³-hybridized carbons (Fsp3) is 0.308. The first-order valence-electron chi connectivity index (χ1n) is 6.49. The van der Waals surface area contributed by atoms with E-state index in [-0.39, 0.29) is 11.4 Å². The van der Waals surface area contributed by atoms with Crippen molar-refractivity contribution in [3.63, 3.8) is 0 Å². The maximum atomic E-state index is 12.3. The molecule has 0 saturated heterocycles. The van der Waals surface area contributed by atoms with Gasteiger partial charge in [-0.25, -0.2) is 18.1 Å². The van der Waals surface area contributed by atoms with E-state index in [4.69, 9.17) is 0 Å². The van der Waals surface area contributed by atoms with Crippen LogP contribution in [0.3, 0.4) is 0 Å². The van der Waals surface area contributed by atoms with Gasteiger partial charge in [0, 0.05) is 18.9 Å². The smallest absolute Gasteiger partial charge is 0.244 e. The average molecular weight is 307 g/mol. The average Bonchev–Trinajstić information content (AvgIpc) is 2.47. The molecule has 2 aromatic heterocycles. The number of sulfonamides is 1. The summed E-state index contributed by atoms with van der Waals surface area (Å²) in [7, 11) is -3.66. The highest BCUT2D eigenvalue weighted by Crippen LogP contribution is 2.17. The van der Waals surface area contributed by atoms with Crippen LogP contribution in [0.4, 0.5) is 5.82 Å². The zero-order chi connectivity index (χ0) is 15.3. The number of aromatic nitrogens is 3. The van der Waals surface area contributed by atoms with E-state index in [0.29, 0.717) is 18.1 Å². The largest absolute Gasteiger partial charge is 0.369 e. The fourth-order valence-corrected chi connectivity index (χ4v) is 2.80. The van der Waals surface area contributed by atoms with E-state index in [0.717, 1.165) is 5.69 Å². The number of anilines is 1. The summed E-state index contributed by atoms with van der Waals surface area (Å²) in [5.41, 5.74) is 1.33. The summed E-state index contributed by atoms with van der Waals surface area (Å²) < 4.78 is 27.2. The van der Waals surface area contributed by atoms with Crippen molar-refractivity contribution < 1.29 is 8.42 Å². The van der Waals surface area contributed by atoms with Crippen LogP contribution in [0, 0.1) is 6.92 Å². The van der Waals surface area contributed by atoms with Crippen molar-refractivity contribution in [1.82, 2.24) is 19.7 Å². The third-order valence-electron chi connectivity index (χ3n) is 2.68. The number of pyridine rings is 1. The van der Waals surface area contributed by atoms with Crippen LogP contribution in [0.1, 0.15) is 18.3 Å². The van der Waals surface area contributed by atoms with Crippen LogP contribution in [0.5, 0.6) is 0 Å². The van der Waals surface area contributed by atoms with Gasteiger partial charge in [-0.3, -0.25) is 9.97 Å². The lowest BCUT2D eigenvalue weighted by Crippen LogP contribution is -2.25. The molecular weight excluding hydrogens is 290 g/mol. The molecule has 0 spiro atoms. The number of aryl methyl sites for hydroxylation is 1. The van der Waals surface area contributed by atoms with Gasteiger partial charge >= 0.3 is 0 Å². The second-order valence-electron chi connectivity index (χ2n) is 4.35. The van der Waals surface area contributed by atoms with Crippen molar-refractivity contribution in [2.75, 3.05) is 11.9 Å². The number of hydrogen-bond donors (Lipinski definition) is 2. The Morgan fingerprint density at radius 3 is 2.67 bits per heavy atom. The van der Waals surface area contributed by atoms with Crippen molar-refractivity contribution in [3.05, 3.63) is 42.1 Å². The first kappa shape index (κ1) is 15.3. The molecule has 0 atom stereocenters. The first-order chi connectivity index (χ1) is 10.0. The van der Waals surface area contributed by atoms with Crippen LogP contribution in [0.2, 0.25) is 0 Å². The molecule has 8 heteroatoms. The molecule has 0 radical (unpaired) electrons. The molecule has 0 aliphatic heterocycles. The molecule has 2 rings (SSSR count). The third kappa shape index (κ3) is 3.96. The molecule has 2 N–H and O–H groups in total. The maximum absolute atomic E-state index is 12.3. The number of rotatable bonds is 6. The SMILES string of the molecule is CCNc1ncccc1S(=O)(=O)NCc1cnc(C)cn1. The lowest BCUT2D eigenvalue weighted by Gasteiger charge is -2.10. The Morgan fingerprint density at radius 2 is 2.00 bits per heavy atom. The maximum Gasteiger partial charge on any atom is 0.244 e. The van der Waals surface area contributed by atoms with Gasteiger partial charge in [0.15, 0.2) is 0 Å². The zero-order valence-corrected chi connectivity index (χ0v) is 12.7. The quantitative estimate of drug-likeness (QED) is 0.829. The van der Waals surface area contributed by atoms with Crippen LogP contribution in [0.25, 0.3) is 0 Å². The van der Waals surface area contributed by atoms with Gasteiger partial charge in [0.05, 0.1) is 24.1 Å². The predicted molar refractivity (Wildman–Crippen MR) is 79.2 cm³/mol. The standard InChI is InChI=1S/C13H17N5O2S/c1-3-14-13-12(5-4-6-15-13)21(19,20)18-9-11-8-16-10(2)7-17-11/h4-8,18H,3,9H2,1-2H3,(H,14,15). The molecule has 0 bridgehead atoms. The molecule has 2 heterocycles. The van der Waals surface area contributed by atoms with Crippen molar-refractivity contribution in [1.29, 1.82) is 0 Å². The minimum Gasteiger partial charge on any atom is -0.369 e. The molecule has 7 nitrogen and oxygen atoms in total. The van der Waals surface area contributed by atoms with E-state index in [1.54, 1.807) is 24.7 Å². The first-order valence-corrected chi connectivity index (χ1v) is 7.97. The van der Waals surface area contributed by atoms with Crippen LogP contribution in [-0.2, 0) is 16.6 Å². The third-order valence-corrected chi connectivity index (χ3v) is 4.11. The van der Waals surface area contributed by atoms with Crippen molar-refractivity contribution in [2.24, 2.45) is 0 Å². The summed E-state index contributed by atoms with van der Waals surface area (Å²) in [4.78, 5) is 12.4. The summed E-state index contributed by atoms with van der Waals surface area (Å²) in [6.45, 7) is 4.36. The molecule has 0 fully saturated rings. The minimum atomic E-state index is -3.66. The minimum absolute atomic E-state index is 0.0794. The number of nitrogens with one attached hydrogen (secondary N) is 2. The van der Waals surface area contributed by atoms with E-state index in [1.807, 2.05) is 13.8 Å². The van der Waals surface area contributed by atoms with Crippen molar-refractivity contribution in [3.8, 4) is 0 Å². The van der Waals surface area contributed by atoms with Gasteiger partial charge in [-0.15, -0.1) is 0 Å². The Bertz CT molecular complexity index is 701. The molecule has 0 amide bonds. The fourth-order valence-electron chi connectivity index (χ4n) is 1.66. The summed E-state index contributed by atoms with van der Waals surface area (Å²) in [6.07, 6.45) is 4.69. The van der Waals surface area contributed by atoms with Gasteiger partial charge in [-0.05, 0) is 26.0 Å². The summed E-state index contributed by atoms with van der Waals surface area (Å²) in [6, 6.07) is 3.09. The topological polar surface area (TPSA) is 96.9 Å². The molecule has 0 aromatic carbocycles. The summed E-state index contributed by atoms with van der Waals surface area (Å²) in [5.74, 6) is 0.336. The molecule has 2 aromatic rings. The lowest BCUT2D eigenvalue weighted by atomic mass is 10.4. The van der Waals surface area contributed by atoms with Gasteiger partial charge in [0.2, 0.25) is 10.0 Å². The molecule has 0 saturated carbocycles. The Balaban J connectivity index is 2.17. The van der Waals surface area contributed by atoms with E-state index in [2.05, 4.69) is 25.0 Å². The van der Waals surface area contributed by atoms with E-state index in [1.165, 1.54) is 6.07 Å². The van der Waals surface area contributed by atoms with Gasteiger partial charge in [0.25, 0.3) is 0 Å². The monoisotopic (exact) mass is 307 g/mol. The molecule has 0 aliphatic rings. The van der Waals surface area contributed by atoms with Crippen molar-refractivity contribution >= 4 is 15.8 Å². The highest BCUT2D eigenvalue weighted by Gasteiger charge is 2.18. The van der Waals surface area contributed by atoms with Gasteiger partial charge in [-0.1, -0.05) is 0 Å². The van der Waals surface area contributed by atoms with Crippen LogP contribution in [0.15, 0.2) is 35.6 Å². The molecule has 0 aliphatic carbocycles. The Labute approximate surface area is 123 Å². The zero-order valence-electron chi connectivity index (χ0n) is 11.9. The molecule has 21 heavy (non-hydrogen) atoms. The normalized spacial score (nSPS) is 11.3. The molecular formula is C13H17N5O2S. The second kappa shape index (κ2) is 6.59. The molecule has 112 valence electrons. The van der Waals surface area contributed by atoms with Gasteiger partial charge < -0.3 is 5.32 Å². The van der Waals surface area contributed by atoms with Crippen molar-refractivity contribution in [2.45, 2.75) is 25.3 Å². The van der Waals surface area contributed by atoms with E-state index >= 15 is 0 Å². The van der Waals surface area contributed by atoms with Crippen LogP contribution >= 0.6 is 0 Å². The van der Waals surface area contributed by atoms with E-state index in [9.17, 15) is 8.42 Å². The summed E-state index contributed by atoms with van der Waals surface area (Å²) in [5, 5.41) is 2.93. The van der Waals surface area contributed by atoms with Gasteiger partial charge in [0.1, 0.15) is 10.7 Å². The Hall–Kier alpha value is -2.06. The lowest BCUT2D eigenvalue weighted by molar-refractivity contribution is 0.580. The van der Waals surface area contributed by atoms with Crippen LogP contribution < -0.4 is 10.0 Å². The Kier molecular flexibility index (Phi) is 4.81. The second-order valence-corrected chi connectivity index (χ2v) is 6.09. The predicted octanol–water partition coefficient (Wildman–Crippen LogP) is 1.09. The van der Waals surface area contributed by atoms with E-state index < -0.39 is 10.0 Å². The van der Waals surface area contributed by atoms with Gasteiger partial charge in [-0.2, -0.15) is 0 Å². The Morgan fingerprint density at radius 1 is 1.19 bits per heavy atom. The van der Waals surface area contributed by atoms with Crippen LogP contribution in [-0.4, -0.2) is 29.9 Å². The highest BCUT2D eigenvalue weighted by molar-refractivity contribution is 7.89. The highest BCUT2D eigenvalue weighted by atomic mass is 32.2. The summed E-state index contributed by atoms with van der Waals surface area (Å²) >= 11 is 0.